The summed E-state index contributed by atoms with van der Waals surface area (Å²) in [6.45, 7) is 2.16. The summed E-state index contributed by atoms with van der Waals surface area (Å²) in [5, 5.41) is 2.14. The van der Waals surface area contributed by atoms with Crippen LogP contribution in [0.5, 0.6) is 0 Å². The molecule has 12 heavy (non-hydrogen) atoms. The Kier molecular flexibility index (Phi) is 1.96. The van der Waals surface area contributed by atoms with Gasteiger partial charge >= 0.3 is 0 Å². The van der Waals surface area contributed by atoms with Crippen LogP contribution in [0.3, 0.4) is 0 Å². The van der Waals surface area contributed by atoms with Gasteiger partial charge in [0.05, 0.1) is 0 Å². The molecule has 1 aromatic carbocycles. The Morgan fingerprint density at radius 3 is 2.33 bits per heavy atom. The third-order valence-corrected chi connectivity index (χ3v) is 2.79. The number of thiophene rings is 1. The maximum absolute atomic E-state index is 2.18. The second-order valence-corrected chi connectivity index (χ2v) is 3.88. The molecule has 0 aliphatic heterocycles. The number of aryl methyl sites for hydroxylation is 1. The van der Waals surface area contributed by atoms with Crippen LogP contribution in [-0.4, -0.2) is 0 Å². The van der Waals surface area contributed by atoms with Crippen LogP contribution in [0, 0.1) is 6.92 Å². The zero-order chi connectivity index (χ0) is 8.39. The summed E-state index contributed by atoms with van der Waals surface area (Å²) in [7, 11) is 0. The molecule has 0 radical (unpaired) electrons. The van der Waals surface area contributed by atoms with Gasteiger partial charge in [-0.15, -0.1) is 11.3 Å². The molecule has 0 spiro atoms. The van der Waals surface area contributed by atoms with Crippen molar-refractivity contribution >= 4 is 11.3 Å². The lowest BCUT2D eigenvalue weighted by Gasteiger charge is -1.97. The van der Waals surface area contributed by atoms with E-state index >= 15 is 0 Å². The predicted molar refractivity (Wildman–Crippen MR) is 54.5 cm³/mol. The Bertz CT molecular complexity index is 360. The van der Waals surface area contributed by atoms with Crippen molar-refractivity contribution in [2.45, 2.75) is 6.92 Å². The minimum absolute atomic E-state index is 1.32. The molecule has 2 aromatic rings. The molecule has 0 nitrogen and oxygen atoms in total. The molecule has 0 aliphatic rings. The monoisotopic (exact) mass is 174 g/mol. The smallest absolute Gasteiger partial charge is 0.00925 e. The largest absolute Gasteiger partial charge is 0.149 e. The third kappa shape index (κ3) is 1.28. The fraction of sp³-hybridized carbons (Fsp3) is 0.0909. The first-order chi connectivity index (χ1) is 5.88. The van der Waals surface area contributed by atoms with Gasteiger partial charge in [0.1, 0.15) is 0 Å². The molecule has 0 atom stereocenters. The first-order valence-corrected chi connectivity index (χ1v) is 4.85. The lowest BCUT2D eigenvalue weighted by atomic mass is 10.1. The summed E-state index contributed by atoms with van der Waals surface area (Å²) in [5.74, 6) is 0. The van der Waals surface area contributed by atoms with E-state index in [1.165, 1.54) is 16.0 Å². The molecular weight excluding hydrogens is 164 g/mol. The van der Waals surface area contributed by atoms with E-state index in [1.54, 1.807) is 11.3 Å². The van der Waals surface area contributed by atoms with E-state index in [9.17, 15) is 0 Å². The van der Waals surface area contributed by atoms with Crippen molar-refractivity contribution in [2.75, 3.05) is 0 Å². The molecule has 1 heterocycles. The summed E-state index contributed by atoms with van der Waals surface area (Å²) < 4.78 is 0. The summed E-state index contributed by atoms with van der Waals surface area (Å²) in [5.41, 5.74) is 2.68. The summed E-state index contributed by atoms with van der Waals surface area (Å²) in [6.07, 6.45) is 0. The van der Waals surface area contributed by atoms with Crippen molar-refractivity contribution in [1.29, 1.82) is 0 Å². The highest BCUT2D eigenvalue weighted by molar-refractivity contribution is 7.10. The van der Waals surface area contributed by atoms with Crippen molar-refractivity contribution < 1.29 is 0 Å². The molecular formula is C11H10S. The van der Waals surface area contributed by atoms with Crippen molar-refractivity contribution in [1.82, 2.24) is 0 Å². The standard InChI is InChI=1S/C11H10S/c1-9-11(7-8-12-9)10-5-3-2-4-6-10/h2-8H,1H3. The van der Waals surface area contributed by atoms with Crippen LogP contribution in [-0.2, 0) is 0 Å². The molecule has 0 unspecified atom stereocenters. The van der Waals surface area contributed by atoms with Crippen LogP contribution in [0.25, 0.3) is 11.1 Å². The molecule has 1 heteroatoms. The Hall–Kier alpha value is -1.08. The highest BCUT2D eigenvalue weighted by Crippen LogP contribution is 2.26. The fourth-order valence-corrected chi connectivity index (χ4v) is 2.02. The van der Waals surface area contributed by atoms with Gasteiger partial charge in [-0.25, -0.2) is 0 Å². The zero-order valence-corrected chi connectivity index (χ0v) is 7.77. The fourth-order valence-electron chi connectivity index (χ4n) is 1.30. The van der Waals surface area contributed by atoms with Gasteiger partial charge in [-0.1, -0.05) is 30.3 Å². The minimum atomic E-state index is 1.32. The van der Waals surface area contributed by atoms with Gasteiger partial charge in [-0.05, 0) is 29.5 Å². The SMILES string of the molecule is Cc1sccc1-c1ccccc1. The number of benzene rings is 1. The second kappa shape index (κ2) is 3.11. The topological polar surface area (TPSA) is 0 Å². The molecule has 0 fully saturated rings. The minimum Gasteiger partial charge on any atom is -0.149 e. The number of hydrogen-bond donors (Lipinski definition) is 0. The molecule has 0 saturated heterocycles. The molecule has 2 rings (SSSR count). The van der Waals surface area contributed by atoms with Crippen LogP contribution in [0.15, 0.2) is 41.8 Å². The van der Waals surface area contributed by atoms with Gasteiger partial charge in [-0.3, -0.25) is 0 Å². The first kappa shape index (κ1) is 7.56. The average Bonchev–Trinajstić information content (AvgIpc) is 2.53. The Balaban J connectivity index is 2.51. The van der Waals surface area contributed by atoms with Crippen molar-refractivity contribution in [3.63, 3.8) is 0 Å². The molecule has 0 amide bonds. The normalized spacial score (nSPS) is 10.1. The van der Waals surface area contributed by atoms with E-state index in [4.69, 9.17) is 0 Å². The van der Waals surface area contributed by atoms with E-state index in [2.05, 4.69) is 42.6 Å². The average molecular weight is 174 g/mol. The Morgan fingerprint density at radius 2 is 1.75 bits per heavy atom. The van der Waals surface area contributed by atoms with E-state index in [0.29, 0.717) is 0 Å². The molecule has 1 aromatic heterocycles. The van der Waals surface area contributed by atoms with Crippen LogP contribution >= 0.6 is 11.3 Å². The van der Waals surface area contributed by atoms with Crippen LogP contribution in [0.4, 0.5) is 0 Å². The van der Waals surface area contributed by atoms with Gasteiger partial charge < -0.3 is 0 Å². The summed E-state index contributed by atoms with van der Waals surface area (Å²) in [4.78, 5) is 1.39. The van der Waals surface area contributed by atoms with E-state index < -0.39 is 0 Å². The molecule has 0 aliphatic carbocycles. The van der Waals surface area contributed by atoms with Gasteiger partial charge in [-0.2, -0.15) is 0 Å². The second-order valence-electron chi connectivity index (χ2n) is 2.76. The molecule has 60 valence electrons. The summed E-state index contributed by atoms with van der Waals surface area (Å²) >= 11 is 1.80. The maximum atomic E-state index is 2.18. The highest BCUT2D eigenvalue weighted by Gasteiger charge is 2.00. The maximum Gasteiger partial charge on any atom is 0.00925 e. The van der Waals surface area contributed by atoms with Crippen molar-refractivity contribution in [2.24, 2.45) is 0 Å². The lowest BCUT2D eigenvalue weighted by molar-refractivity contribution is 1.58. The van der Waals surface area contributed by atoms with E-state index in [0.717, 1.165) is 0 Å². The van der Waals surface area contributed by atoms with Crippen LogP contribution in [0.2, 0.25) is 0 Å². The Labute approximate surface area is 76.5 Å². The van der Waals surface area contributed by atoms with Crippen LogP contribution in [0.1, 0.15) is 4.88 Å². The third-order valence-electron chi connectivity index (χ3n) is 1.94. The predicted octanol–water partition coefficient (Wildman–Crippen LogP) is 3.72. The van der Waals surface area contributed by atoms with Crippen molar-refractivity contribution in [3.8, 4) is 11.1 Å². The molecule has 0 bridgehead atoms. The van der Waals surface area contributed by atoms with Crippen LogP contribution < -0.4 is 0 Å². The number of hydrogen-bond acceptors (Lipinski definition) is 1. The first-order valence-electron chi connectivity index (χ1n) is 3.97. The molecule has 0 N–H and O–H groups in total. The van der Waals surface area contributed by atoms with Gasteiger partial charge in [0.15, 0.2) is 0 Å². The van der Waals surface area contributed by atoms with Crippen molar-refractivity contribution in [3.05, 3.63) is 46.7 Å². The van der Waals surface area contributed by atoms with E-state index in [1.807, 2.05) is 6.07 Å². The quantitative estimate of drug-likeness (QED) is 0.618. The van der Waals surface area contributed by atoms with Gasteiger partial charge in [0, 0.05) is 4.88 Å². The summed E-state index contributed by atoms with van der Waals surface area (Å²) in [6, 6.07) is 12.7. The van der Waals surface area contributed by atoms with E-state index in [-0.39, 0.29) is 0 Å². The number of rotatable bonds is 1. The highest BCUT2D eigenvalue weighted by atomic mass is 32.1. The van der Waals surface area contributed by atoms with Gasteiger partial charge in [0.25, 0.3) is 0 Å². The molecule has 0 saturated carbocycles. The zero-order valence-electron chi connectivity index (χ0n) is 6.95. The lowest BCUT2D eigenvalue weighted by Crippen LogP contribution is -1.73. The Morgan fingerprint density at radius 1 is 1.00 bits per heavy atom. The van der Waals surface area contributed by atoms with Gasteiger partial charge in [0.2, 0.25) is 0 Å².